The molecule has 0 saturated heterocycles. The normalized spacial score (nSPS) is 14.9. The second kappa shape index (κ2) is 8.42. The van der Waals surface area contributed by atoms with Crippen molar-refractivity contribution in [2.75, 3.05) is 6.61 Å². The minimum absolute atomic E-state index is 0.0200. The molecule has 0 aliphatic heterocycles. The summed E-state index contributed by atoms with van der Waals surface area (Å²) in [6.45, 7) is 15.3. The van der Waals surface area contributed by atoms with Gasteiger partial charge in [-0.1, -0.05) is 39.0 Å². The van der Waals surface area contributed by atoms with Crippen LogP contribution in [0.15, 0.2) is 24.3 Å². The fraction of sp³-hybridized carbons (Fsp3) is 0.688. The molecule has 20 heavy (non-hydrogen) atoms. The molecule has 0 amide bonds. The molecule has 0 aromatic carbocycles. The van der Waals surface area contributed by atoms with Gasteiger partial charge in [-0.2, -0.15) is 0 Å². The zero-order chi connectivity index (χ0) is 15.8. The Hall–Kier alpha value is -0.873. The van der Waals surface area contributed by atoms with E-state index in [0.29, 0.717) is 13.0 Å². The lowest BCUT2D eigenvalue weighted by Crippen LogP contribution is -2.43. The number of hydrogen-bond acceptors (Lipinski definition) is 3. The van der Waals surface area contributed by atoms with Gasteiger partial charge in [0.25, 0.3) is 0 Å². The minimum Gasteiger partial charge on any atom is -0.463 e. The molecule has 0 fully saturated rings. The lowest BCUT2D eigenvalue weighted by Gasteiger charge is -2.38. The van der Waals surface area contributed by atoms with Crippen LogP contribution in [0.1, 0.15) is 41.0 Å². The van der Waals surface area contributed by atoms with Gasteiger partial charge in [-0.05, 0) is 38.4 Å². The van der Waals surface area contributed by atoms with Gasteiger partial charge in [0.2, 0.25) is 0 Å². The molecule has 0 aromatic rings. The highest BCUT2D eigenvalue weighted by Crippen LogP contribution is 2.37. The Kier molecular flexibility index (Phi) is 8.05. The van der Waals surface area contributed by atoms with Crippen molar-refractivity contribution in [3.63, 3.8) is 0 Å². The van der Waals surface area contributed by atoms with E-state index < -0.39 is 8.32 Å². The molecule has 0 heterocycles. The standard InChI is InChI=1S/C16H30O3Si/c1-8-11-14(12-10-13-15(17)18-9-2)19-20(6,7)16(3,4)5/h8,10-11,13-14H,9,12H2,1-7H3/b11-8+,13-10+/t14-/m0/s1. The van der Waals surface area contributed by atoms with E-state index in [1.807, 2.05) is 19.1 Å². The molecule has 0 N–H and O–H groups in total. The van der Waals surface area contributed by atoms with Gasteiger partial charge in [0, 0.05) is 6.08 Å². The Balaban J connectivity index is 4.64. The quantitative estimate of drug-likeness (QED) is 0.301. The van der Waals surface area contributed by atoms with Crippen molar-refractivity contribution in [1.29, 1.82) is 0 Å². The molecular formula is C16H30O3Si. The first-order valence-corrected chi connectivity index (χ1v) is 10.2. The molecular weight excluding hydrogens is 268 g/mol. The number of rotatable bonds is 7. The van der Waals surface area contributed by atoms with Gasteiger partial charge >= 0.3 is 5.97 Å². The predicted octanol–water partition coefficient (Wildman–Crippen LogP) is 4.46. The average Bonchev–Trinajstić information content (AvgIpc) is 2.27. The highest BCUT2D eigenvalue weighted by atomic mass is 28.4. The second-order valence-electron chi connectivity index (χ2n) is 6.33. The zero-order valence-corrected chi connectivity index (χ0v) is 15.0. The van der Waals surface area contributed by atoms with E-state index in [9.17, 15) is 4.79 Å². The van der Waals surface area contributed by atoms with Crippen LogP contribution >= 0.6 is 0 Å². The maximum Gasteiger partial charge on any atom is 0.330 e. The van der Waals surface area contributed by atoms with Gasteiger partial charge in [-0.15, -0.1) is 0 Å². The Bertz CT molecular complexity index is 351. The highest BCUT2D eigenvalue weighted by Gasteiger charge is 2.38. The van der Waals surface area contributed by atoms with E-state index in [2.05, 4.69) is 39.9 Å². The summed E-state index contributed by atoms with van der Waals surface area (Å²) in [5.74, 6) is -0.293. The predicted molar refractivity (Wildman–Crippen MR) is 87.3 cm³/mol. The van der Waals surface area contributed by atoms with Crippen LogP contribution in [0.25, 0.3) is 0 Å². The molecule has 0 aromatic heterocycles. The van der Waals surface area contributed by atoms with Crippen molar-refractivity contribution in [2.45, 2.75) is 65.3 Å². The molecule has 0 radical (unpaired) electrons. The lowest BCUT2D eigenvalue weighted by atomic mass is 10.2. The monoisotopic (exact) mass is 298 g/mol. The van der Waals surface area contributed by atoms with Crippen molar-refractivity contribution in [1.82, 2.24) is 0 Å². The van der Waals surface area contributed by atoms with Crippen molar-refractivity contribution in [2.24, 2.45) is 0 Å². The summed E-state index contributed by atoms with van der Waals surface area (Å²) in [6.07, 6.45) is 8.07. The van der Waals surface area contributed by atoms with Crippen LogP contribution in [-0.4, -0.2) is 27.0 Å². The third-order valence-corrected chi connectivity index (χ3v) is 8.07. The molecule has 0 rings (SSSR count). The summed E-state index contributed by atoms with van der Waals surface area (Å²) in [7, 11) is -1.80. The van der Waals surface area contributed by atoms with Crippen molar-refractivity contribution in [3.05, 3.63) is 24.3 Å². The van der Waals surface area contributed by atoms with E-state index >= 15 is 0 Å². The maximum atomic E-state index is 11.3. The lowest BCUT2D eigenvalue weighted by molar-refractivity contribution is -0.137. The molecule has 3 nitrogen and oxygen atoms in total. The minimum atomic E-state index is -1.80. The largest absolute Gasteiger partial charge is 0.463 e. The van der Waals surface area contributed by atoms with Crippen LogP contribution in [0.4, 0.5) is 0 Å². The Morgan fingerprint density at radius 3 is 2.35 bits per heavy atom. The number of carbonyl (C=O) groups is 1. The first kappa shape index (κ1) is 19.1. The van der Waals surface area contributed by atoms with E-state index in [0.717, 1.165) is 0 Å². The van der Waals surface area contributed by atoms with Gasteiger partial charge in [-0.3, -0.25) is 0 Å². The fourth-order valence-electron chi connectivity index (χ4n) is 1.42. The first-order valence-electron chi connectivity index (χ1n) is 7.28. The second-order valence-corrected chi connectivity index (χ2v) is 11.1. The summed E-state index contributed by atoms with van der Waals surface area (Å²) in [4.78, 5) is 11.3. The molecule has 0 bridgehead atoms. The Labute approximate surface area is 125 Å². The molecule has 0 aliphatic carbocycles. The fourth-order valence-corrected chi connectivity index (χ4v) is 2.71. The molecule has 1 atom stereocenters. The molecule has 0 spiro atoms. The van der Waals surface area contributed by atoms with Crippen LogP contribution in [0.2, 0.25) is 18.1 Å². The molecule has 4 heteroatoms. The average molecular weight is 298 g/mol. The van der Waals surface area contributed by atoms with Crippen LogP contribution in [-0.2, 0) is 14.0 Å². The van der Waals surface area contributed by atoms with E-state index in [-0.39, 0.29) is 17.1 Å². The van der Waals surface area contributed by atoms with E-state index in [1.54, 1.807) is 6.92 Å². The third-order valence-electron chi connectivity index (χ3n) is 3.57. The SMILES string of the molecule is C/C=C/[C@@H](C/C=C/C(=O)OCC)O[Si](C)(C)C(C)(C)C. The van der Waals surface area contributed by atoms with Gasteiger partial charge < -0.3 is 9.16 Å². The van der Waals surface area contributed by atoms with E-state index in [1.165, 1.54) is 6.08 Å². The first-order chi connectivity index (χ1) is 9.14. The molecule has 0 unspecified atom stereocenters. The maximum absolute atomic E-state index is 11.3. The number of hydrogen-bond donors (Lipinski definition) is 0. The molecule has 0 aliphatic rings. The number of ether oxygens (including phenoxy) is 1. The number of carbonyl (C=O) groups excluding carboxylic acids is 1. The smallest absolute Gasteiger partial charge is 0.330 e. The summed E-state index contributed by atoms with van der Waals surface area (Å²) in [6, 6.07) is 0. The highest BCUT2D eigenvalue weighted by molar-refractivity contribution is 6.74. The Morgan fingerprint density at radius 1 is 1.30 bits per heavy atom. The summed E-state index contributed by atoms with van der Waals surface area (Å²) in [5, 5.41) is 0.178. The van der Waals surface area contributed by atoms with Crippen LogP contribution in [0.3, 0.4) is 0 Å². The topological polar surface area (TPSA) is 35.5 Å². The zero-order valence-electron chi connectivity index (χ0n) is 14.0. The van der Waals surface area contributed by atoms with Gasteiger partial charge in [0.05, 0.1) is 12.7 Å². The third kappa shape index (κ3) is 7.06. The van der Waals surface area contributed by atoms with Gasteiger partial charge in [0.1, 0.15) is 0 Å². The summed E-state index contributed by atoms with van der Waals surface area (Å²) < 4.78 is 11.2. The van der Waals surface area contributed by atoms with Crippen LogP contribution < -0.4 is 0 Å². The summed E-state index contributed by atoms with van der Waals surface area (Å²) in [5.41, 5.74) is 0. The van der Waals surface area contributed by atoms with Gasteiger partial charge in [0.15, 0.2) is 8.32 Å². The van der Waals surface area contributed by atoms with Crippen molar-refractivity contribution < 1.29 is 14.0 Å². The molecule has 0 saturated carbocycles. The van der Waals surface area contributed by atoms with Crippen LogP contribution in [0, 0.1) is 0 Å². The van der Waals surface area contributed by atoms with Crippen LogP contribution in [0.5, 0.6) is 0 Å². The van der Waals surface area contributed by atoms with E-state index in [4.69, 9.17) is 9.16 Å². The molecule has 116 valence electrons. The van der Waals surface area contributed by atoms with Gasteiger partial charge in [-0.25, -0.2) is 4.79 Å². The van der Waals surface area contributed by atoms with Crippen molar-refractivity contribution in [3.8, 4) is 0 Å². The number of allylic oxidation sites excluding steroid dienone is 1. The van der Waals surface area contributed by atoms with Crippen molar-refractivity contribution >= 4 is 14.3 Å². The Morgan fingerprint density at radius 2 is 1.90 bits per heavy atom. The number of esters is 1. The summed E-state index contributed by atoms with van der Waals surface area (Å²) >= 11 is 0.